The van der Waals surface area contributed by atoms with Crippen molar-refractivity contribution in [2.75, 3.05) is 7.11 Å². The summed E-state index contributed by atoms with van der Waals surface area (Å²) in [5, 5.41) is 3.24. The number of carbonyl (C=O) groups excluding carboxylic acids is 1. The zero-order valence-corrected chi connectivity index (χ0v) is 18.0. The van der Waals surface area contributed by atoms with Crippen molar-refractivity contribution in [2.24, 2.45) is 5.92 Å². The number of nitrogens with one attached hydrogen (secondary N) is 2. The highest BCUT2D eigenvalue weighted by molar-refractivity contribution is 7.97. The summed E-state index contributed by atoms with van der Waals surface area (Å²) in [6, 6.07) is 8.14. The van der Waals surface area contributed by atoms with E-state index >= 15 is 0 Å². The Labute approximate surface area is 164 Å². The van der Waals surface area contributed by atoms with Crippen LogP contribution in [0.5, 0.6) is 5.75 Å². The third kappa shape index (κ3) is 7.20. The van der Waals surface area contributed by atoms with Gasteiger partial charge in [0.05, 0.1) is 7.11 Å². The molecule has 1 saturated carbocycles. The predicted octanol–water partition coefficient (Wildman–Crippen LogP) is 5.18. The molecule has 1 fully saturated rings. The summed E-state index contributed by atoms with van der Waals surface area (Å²) in [4.78, 5) is 13.6. The van der Waals surface area contributed by atoms with E-state index < -0.39 is 5.54 Å². The molecule has 1 aliphatic rings. The first-order valence-electron chi connectivity index (χ1n) is 9.76. The van der Waals surface area contributed by atoms with Gasteiger partial charge in [-0.15, -0.1) is 0 Å². The molecule has 0 aliphatic heterocycles. The molecule has 0 spiro atoms. The first kappa shape index (κ1) is 22.8. The van der Waals surface area contributed by atoms with E-state index in [4.69, 9.17) is 4.74 Å². The molecule has 2 atom stereocenters. The third-order valence-corrected chi connectivity index (χ3v) is 5.63. The van der Waals surface area contributed by atoms with Crippen LogP contribution in [0.25, 0.3) is 0 Å². The summed E-state index contributed by atoms with van der Waals surface area (Å²) >= 11 is 1.46. The molecule has 1 aliphatic carbocycles. The molecule has 0 heterocycles. The number of benzene rings is 1. The molecule has 0 bridgehead atoms. The molecule has 2 unspecified atom stereocenters. The van der Waals surface area contributed by atoms with Crippen molar-refractivity contribution >= 4 is 17.9 Å². The smallest absolute Gasteiger partial charge is 0.240 e. The summed E-state index contributed by atoms with van der Waals surface area (Å²) in [5.74, 6) is 1.51. The Kier molecular flexibility index (Phi) is 10.1. The first-order chi connectivity index (χ1) is 12.4. The van der Waals surface area contributed by atoms with Gasteiger partial charge in [-0.1, -0.05) is 46.1 Å². The van der Waals surface area contributed by atoms with Crippen LogP contribution in [0.1, 0.15) is 66.7 Å². The molecule has 1 amide bonds. The third-order valence-electron chi connectivity index (χ3n) is 4.53. The molecule has 0 aromatic heterocycles. The molecule has 148 valence electrons. The van der Waals surface area contributed by atoms with Crippen LogP contribution >= 0.6 is 11.9 Å². The monoisotopic (exact) mass is 380 g/mol. The molecular weight excluding hydrogens is 344 g/mol. The van der Waals surface area contributed by atoms with Crippen LogP contribution in [0.3, 0.4) is 0 Å². The minimum Gasteiger partial charge on any atom is -0.497 e. The topological polar surface area (TPSA) is 50.4 Å². The highest BCUT2D eigenvalue weighted by atomic mass is 32.2. The highest BCUT2D eigenvalue weighted by Crippen LogP contribution is 2.29. The van der Waals surface area contributed by atoms with Crippen LogP contribution in [-0.2, 0) is 4.79 Å². The van der Waals surface area contributed by atoms with Crippen LogP contribution in [0.15, 0.2) is 29.2 Å². The SMILES string of the molecule is CCC.CCC1CCCC1NC(=O)C(C)(C)NSc1cccc(OC)c1. The largest absolute Gasteiger partial charge is 0.497 e. The molecule has 5 heteroatoms. The van der Waals surface area contributed by atoms with Crippen LogP contribution in [0.2, 0.25) is 0 Å². The second-order valence-electron chi connectivity index (χ2n) is 7.39. The van der Waals surface area contributed by atoms with Crippen molar-refractivity contribution < 1.29 is 9.53 Å². The maximum absolute atomic E-state index is 12.6. The lowest BCUT2D eigenvalue weighted by atomic mass is 9.99. The van der Waals surface area contributed by atoms with Gasteiger partial charge in [0.25, 0.3) is 0 Å². The van der Waals surface area contributed by atoms with Crippen molar-refractivity contribution in [1.29, 1.82) is 0 Å². The molecule has 2 N–H and O–H groups in total. The van der Waals surface area contributed by atoms with E-state index in [1.54, 1.807) is 7.11 Å². The first-order valence-corrected chi connectivity index (χ1v) is 10.6. The zero-order valence-electron chi connectivity index (χ0n) is 17.2. The molecule has 0 radical (unpaired) electrons. The van der Waals surface area contributed by atoms with Crippen LogP contribution in [-0.4, -0.2) is 24.6 Å². The van der Waals surface area contributed by atoms with E-state index in [1.807, 2.05) is 38.1 Å². The number of hydrogen-bond donors (Lipinski definition) is 2. The number of rotatable bonds is 7. The maximum Gasteiger partial charge on any atom is 0.240 e. The van der Waals surface area contributed by atoms with Crippen molar-refractivity contribution in [3.8, 4) is 5.75 Å². The fraction of sp³-hybridized carbons (Fsp3) is 0.667. The minimum absolute atomic E-state index is 0.0678. The summed E-state index contributed by atoms with van der Waals surface area (Å²) < 4.78 is 8.51. The van der Waals surface area contributed by atoms with E-state index in [9.17, 15) is 4.79 Å². The van der Waals surface area contributed by atoms with E-state index in [-0.39, 0.29) is 5.91 Å². The minimum atomic E-state index is -0.630. The second kappa shape index (κ2) is 11.5. The summed E-state index contributed by atoms with van der Waals surface area (Å²) in [7, 11) is 1.65. The molecule has 4 nitrogen and oxygen atoms in total. The Hall–Kier alpha value is -1.20. The van der Waals surface area contributed by atoms with Crippen molar-refractivity contribution in [3.63, 3.8) is 0 Å². The van der Waals surface area contributed by atoms with Gasteiger partial charge in [-0.25, -0.2) is 4.72 Å². The summed E-state index contributed by atoms with van der Waals surface area (Å²) in [6.45, 7) is 10.3. The van der Waals surface area contributed by atoms with Crippen molar-refractivity contribution in [3.05, 3.63) is 24.3 Å². The molecular formula is C21H36N2O2S. The Balaban J connectivity index is 0.00000105. The predicted molar refractivity (Wildman–Crippen MR) is 112 cm³/mol. The van der Waals surface area contributed by atoms with Crippen molar-refractivity contribution in [2.45, 2.75) is 83.2 Å². The lowest BCUT2D eigenvalue weighted by Crippen LogP contribution is -2.53. The Morgan fingerprint density at radius 2 is 1.96 bits per heavy atom. The molecule has 1 aromatic carbocycles. The molecule has 26 heavy (non-hydrogen) atoms. The Morgan fingerprint density at radius 1 is 1.27 bits per heavy atom. The van der Waals surface area contributed by atoms with Crippen LogP contribution < -0.4 is 14.8 Å². The van der Waals surface area contributed by atoms with Crippen LogP contribution in [0.4, 0.5) is 0 Å². The molecule has 2 rings (SSSR count). The van der Waals surface area contributed by atoms with Gasteiger partial charge >= 0.3 is 0 Å². The molecule has 0 saturated heterocycles. The van der Waals surface area contributed by atoms with Gasteiger partial charge in [0, 0.05) is 10.9 Å². The zero-order chi connectivity index (χ0) is 19.6. The van der Waals surface area contributed by atoms with E-state index in [0.29, 0.717) is 12.0 Å². The second-order valence-corrected chi connectivity index (χ2v) is 8.27. The van der Waals surface area contributed by atoms with E-state index in [2.05, 4.69) is 30.8 Å². The van der Waals surface area contributed by atoms with Gasteiger partial charge in [-0.05, 0) is 62.8 Å². The maximum atomic E-state index is 12.6. The number of amides is 1. The summed E-state index contributed by atoms with van der Waals surface area (Å²) in [5.41, 5.74) is -0.630. The van der Waals surface area contributed by atoms with Gasteiger partial charge in [0.15, 0.2) is 0 Å². The van der Waals surface area contributed by atoms with Crippen molar-refractivity contribution in [1.82, 2.24) is 10.0 Å². The fourth-order valence-electron chi connectivity index (χ4n) is 2.96. The average Bonchev–Trinajstić information content (AvgIpc) is 3.08. The number of ether oxygens (including phenoxy) is 1. The van der Waals surface area contributed by atoms with Gasteiger partial charge in [0.1, 0.15) is 11.3 Å². The van der Waals surface area contributed by atoms with Crippen LogP contribution in [0, 0.1) is 5.92 Å². The van der Waals surface area contributed by atoms with Gasteiger partial charge in [0.2, 0.25) is 5.91 Å². The lowest BCUT2D eigenvalue weighted by molar-refractivity contribution is -0.126. The van der Waals surface area contributed by atoms with Gasteiger partial charge < -0.3 is 10.1 Å². The van der Waals surface area contributed by atoms with Gasteiger partial charge in [-0.2, -0.15) is 0 Å². The fourth-order valence-corrected chi connectivity index (χ4v) is 3.75. The Morgan fingerprint density at radius 3 is 2.58 bits per heavy atom. The lowest BCUT2D eigenvalue weighted by Gasteiger charge is -2.28. The number of methoxy groups -OCH3 is 1. The quantitative estimate of drug-likeness (QED) is 0.640. The number of carbonyl (C=O) groups is 1. The van der Waals surface area contributed by atoms with E-state index in [1.165, 1.54) is 31.2 Å². The Bertz CT molecular complexity index is 549. The average molecular weight is 381 g/mol. The van der Waals surface area contributed by atoms with E-state index in [0.717, 1.165) is 23.5 Å². The van der Waals surface area contributed by atoms with Gasteiger partial charge in [-0.3, -0.25) is 4.79 Å². The summed E-state index contributed by atoms with van der Waals surface area (Å²) in [6.07, 6.45) is 5.93. The standard InChI is InChI=1S/C18H28N2O2S.C3H8/c1-5-13-8-6-11-16(13)19-17(21)18(2,3)20-23-15-10-7-9-14(12-15)22-4;1-3-2/h7,9-10,12-13,16,20H,5-6,8,11H2,1-4H3,(H,19,21);3H2,1-2H3. The molecule has 1 aromatic rings. The highest BCUT2D eigenvalue weighted by Gasteiger charge is 2.33. The number of hydrogen-bond acceptors (Lipinski definition) is 4. The normalized spacial score (nSPS) is 19.5.